The molecule has 2 aliphatic rings. The maximum absolute atomic E-state index is 12.1. The number of amides is 2. The summed E-state index contributed by atoms with van der Waals surface area (Å²) in [6.45, 7) is 2.52. The molecule has 0 radical (unpaired) electrons. The summed E-state index contributed by atoms with van der Waals surface area (Å²) in [5, 5.41) is 2.45. The highest BCUT2D eigenvalue weighted by Gasteiger charge is 2.37. The second-order valence-electron chi connectivity index (χ2n) is 5.64. The summed E-state index contributed by atoms with van der Waals surface area (Å²) in [4.78, 5) is 28.0. The van der Waals surface area contributed by atoms with Crippen LogP contribution < -0.4 is 11.1 Å². The molecule has 2 rings (SSSR count). The molecule has 0 aliphatic carbocycles. The zero-order valence-corrected chi connectivity index (χ0v) is 12.6. The van der Waals surface area contributed by atoms with E-state index in [4.69, 9.17) is 5.73 Å². The molecule has 3 N–H and O–H groups in total. The number of rotatable bonds is 2. The summed E-state index contributed by atoms with van der Waals surface area (Å²) in [5.74, 6) is -0.594. The maximum atomic E-state index is 12.1. The van der Waals surface area contributed by atoms with Gasteiger partial charge in [0.25, 0.3) is 0 Å². The van der Waals surface area contributed by atoms with Gasteiger partial charge >= 0.3 is 11.8 Å². The van der Waals surface area contributed by atoms with Gasteiger partial charge in [0.05, 0.1) is 11.5 Å². The topological polar surface area (TPSA) is 78.7 Å². The van der Waals surface area contributed by atoms with E-state index in [0.29, 0.717) is 25.0 Å². The van der Waals surface area contributed by atoms with Gasteiger partial charge in [0.15, 0.2) is 0 Å². The Morgan fingerprint density at radius 3 is 2.80 bits per heavy atom. The van der Waals surface area contributed by atoms with Crippen LogP contribution in [0.1, 0.15) is 19.3 Å². The minimum atomic E-state index is -0.611. The molecule has 2 atom stereocenters. The first-order valence-corrected chi connectivity index (χ1v) is 7.45. The van der Waals surface area contributed by atoms with Gasteiger partial charge in [0, 0.05) is 19.1 Å². The normalized spacial score (nSPS) is 26.8. The average Bonchev–Trinajstić information content (AvgIpc) is 2.43. The fourth-order valence-electron chi connectivity index (χ4n) is 3.22. The van der Waals surface area contributed by atoms with Crippen LogP contribution in [0.5, 0.6) is 0 Å². The van der Waals surface area contributed by atoms with Crippen LogP contribution >= 0.6 is 12.2 Å². The number of hydrogen-bond donors (Lipinski definition) is 2. The first-order chi connectivity index (χ1) is 9.49. The Labute approximate surface area is 124 Å². The lowest BCUT2D eigenvalue weighted by atomic mass is 9.84. The van der Waals surface area contributed by atoms with Crippen LogP contribution in [-0.4, -0.2) is 65.9 Å². The first-order valence-electron chi connectivity index (χ1n) is 7.04. The van der Waals surface area contributed by atoms with E-state index in [1.807, 2.05) is 0 Å². The molecule has 2 fully saturated rings. The molecule has 0 bridgehead atoms. The van der Waals surface area contributed by atoms with E-state index in [0.717, 1.165) is 25.8 Å². The van der Waals surface area contributed by atoms with Crippen LogP contribution in [0.3, 0.4) is 0 Å². The molecule has 0 saturated carbocycles. The van der Waals surface area contributed by atoms with Crippen molar-refractivity contribution in [3.8, 4) is 0 Å². The summed E-state index contributed by atoms with van der Waals surface area (Å²) < 4.78 is 0. The van der Waals surface area contributed by atoms with Gasteiger partial charge in [-0.3, -0.25) is 9.59 Å². The molecular weight excluding hydrogens is 276 g/mol. The van der Waals surface area contributed by atoms with Crippen molar-refractivity contribution in [1.29, 1.82) is 0 Å². The number of thiocarbonyl (C=S) groups is 1. The molecule has 0 aromatic carbocycles. The molecule has 2 aliphatic heterocycles. The Balaban J connectivity index is 1.89. The smallest absolute Gasteiger partial charge is 0.311 e. The molecule has 112 valence electrons. The summed E-state index contributed by atoms with van der Waals surface area (Å²) in [6, 6.07) is 0.549. The van der Waals surface area contributed by atoms with Gasteiger partial charge in [-0.2, -0.15) is 0 Å². The van der Waals surface area contributed by atoms with Crippen molar-refractivity contribution >= 4 is 29.0 Å². The number of nitrogens with one attached hydrogen (secondary N) is 1. The number of hydrogen-bond acceptors (Lipinski definition) is 4. The molecule has 20 heavy (non-hydrogen) atoms. The number of likely N-dealkylation sites (tertiary alicyclic amines) is 2. The Morgan fingerprint density at radius 2 is 2.10 bits per heavy atom. The highest BCUT2D eigenvalue weighted by molar-refractivity contribution is 7.80. The monoisotopic (exact) mass is 298 g/mol. The number of piperidine rings is 2. The number of fused-ring (bicyclic) bond motifs is 1. The van der Waals surface area contributed by atoms with Crippen molar-refractivity contribution in [2.45, 2.75) is 25.3 Å². The largest absolute Gasteiger partial charge is 0.392 e. The van der Waals surface area contributed by atoms with Gasteiger partial charge in [0.1, 0.15) is 0 Å². The molecule has 2 saturated heterocycles. The predicted octanol–water partition coefficient (Wildman–Crippen LogP) is -0.669. The zero-order valence-electron chi connectivity index (χ0n) is 11.8. The number of carbonyl (C=O) groups excluding carboxylic acids is 2. The maximum Gasteiger partial charge on any atom is 0.311 e. The van der Waals surface area contributed by atoms with Crippen LogP contribution in [-0.2, 0) is 9.59 Å². The Kier molecular flexibility index (Phi) is 4.93. The van der Waals surface area contributed by atoms with Crippen molar-refractivity contribution in [1.82, 2.24) is 15.1 Å². The molecule has 0 aromatic heterocycles. The van der Waals surface area contributed by atoms with Gasteiger partial charge in [-0.1, -0.05) is 12.2 Å². The number of carbonyl (C=O) groups is 2. The van der Waals surface area contributed by atoms with Crippen molar-refractivity contribution in [3.05, 3.63) is 0 Å². The second-order valence-corrected chi connectivity index (χ2v) is 6.16. The molecule has 2 heterocycles. The van der Waals surface area contributed by atoms with Crippen LogP contribution in [0.15, 0.2) is 0 Å². The SMILES string of the molecule is CN1CCCC2CN(C(=O)C(=O)NCC(N)=S)CCC21. The van der Waals surface area contributed by atoms with E-state index in [2.05, 4.69) is 29.5 Å². The minimum absolute atomic E-state index is 0.0720. The van der Waals surface area contributed by atoms with Crippen LogP contribution in [0, 0.1) is 5.92 Å². The predicted molar refractivity (Wildman–Crippen MR) is 80.1 cm³/mol. The van der Waals surface area contributed by atoms with E-state index in [1.165, 1.54) is 0 Å². The lowest BCUT2D eigenvalue weighted by molar-refractivity contribution is -0.147. The summed E-state index contributed by atoms with van der Waals surface area (Å²) in [6.07, 6.45) is 3.23. The summed E-state index contributed by atoms with van der Waals surface area (Å²) in [5.41, 5.74) is 5.31. The zero-order chi connectivity index (χ0) is 14.7. The molecule has 6 nitrogen and oxygen atoms in total. The molecular formula is C13H22N4O2S. The van der Waals surface area contributed by atoms with Gasteiger partial charge in [-0.15, -0.1) is 0 Å². The van der Waals surface area contributed by atoms with Crippen LogP contribution in [0.2, 0.25) is 0 Å². The van der Waals surface area contributed by atoms with Crippen molar-refractivity contribution < 1.29 is 9.59 Å². The quantitative estimate of drug-likeness (QED) is 0.522. The highest BCUT2D eigenvalue weighted by atomic mass is 32.1. The van der Waals surface area contributed by atoms with E-state index >= 15 is 0 Å². The second kappa shape index (κ2) is 6.49. The standard InChI is InChI=1S/C13H22N4O2S/c1-16-5-2-3-9-8-17(6-4-10(9)16)13(19)12(18)15-7-11(14)20/h9-10H,2-8H2,1H3,(H2,14,20)(H,15,18). The third-order valence-corrected chi connectivity index (χ3v) is 4.39. The van der Waals surface area contributed by atoms with Gasteiger partial charge in [-0.05, 0) is 38.8 Å². The van der Waals surface area contributed by atoms with Crippen molar-refractivity contribution in [2.75, 3.05) is 33.2 Å². The van der Waals surface area contributed by atoms with Crippen molar-refractivity contribution in [2.24, 2.45) is 11.7 Å². The number of nitrogens with zero attached hydrogens (tertiary/aromatic N) is 2. The Morgan fingerprint density at radius 1 is 1.35 bits per heavy atom. The Bertz CT molecular complexity index is 415. The van der Waals surface area contributed by atoms with E-state index in [9.17, 15) is 9.59 Å². The van der Waals surface area contributed by atoms with E-state index in [1.54, 1.807) is 4.90 Å². The fourth-order valence-corrected chi connectivity index (χ4v) is 3.30. The third-order valence-electron chi connectivity index (χ3n) is 4.25. The van der Waals surface area contributed by atoms with Gasteiger partial charge in [0.2, 0.25) is 0 Å². The van der Waals surface area contributed by atoms with Crippen LogP contribution in [0.25, 0.3) is 0 Å². The summed E-state index contributed by atoms with van der Waals surface area (Å²) in [7, 11) is 2.14. The van der Waals surface area contributed by atoms with E-state index in [-0.39, 0.29) is 11.5 Å². The fraction of sp³-hybridized carbons (Fsp3) is 0.769. The Hall–Kier alpha value is -1.21. The van der Waals surface area contributed by atoms with E-state index < -0.39 is 11.8 Å². The average molecular weight is 298 g/mol. The third kappa shape index (κ3) is 3.46. The first kappa shape index (κ1) is 15.2. The molecule has 0 aromatic rings. The molecule has 2 amide bonds. The van der Waals surface area contributed by atoms with Crippen LogP contribution in [0.4, 0.5) is 0 Å². The summed E-state index contributed by atoms with van der Waals surface area (Å²) >= 11 is 4.68. The number of nitrogens with two attached hydrogens (primary N) is 1. The molecule has 0 spiro atoms. The lowest BCUT2D eigenvalue weighted by Crippen LogP contribution is -2.56. The lowest BCUT2D eigenvalue weighted by Gasteiger charge is -2.45. The highest BCUT2D eigenvalue weighted by Crippen LogP contribution is 2.29. The minimum Gasteiger partial charge on any atom is -0.392 e. The van der Waals surface area contributed by atoms with Gasteiger partial charge in [-0.25, -0.2) is 0 Å². The molecule has 7 heteroatoms. The van der Waals surface area contributed by atoms with Crippen molar-refractivity contribution in [3.63, 3.8) is 0 Å². The molecule has 2 unspecified atom stereocenters. The van der Waals surface area contributed by atoms with Gasteiger partial charge < -0.3 is 20.9 Å².